The molecule has 9 rings (SSSR count). The number of benzene rings is 8. The normalized spacial score (nSPS) is 15.5. The zero-order valence-electron chi connectivity index (χ0n) is 30.9. The van der Waals surface area contributed by atoms with E-state index in [0.29, 0.717) is 0 Å². The smallest absolute Gasteiger partial charge is 0.325 e. The number of nitrogens with zero attached hydrogens (tertiary/aromatic N) is 2. The van der Waals surface area contributed by atoms with E-state index in [9.17, 15) is 9.59 Å². The van der Waals surface area contributed by atoms with E-state index in [1.165, 1.54) is 0 Å². The molecule has 0 spiro atoms. The lowest BCUT2D eigenvalue weighted by atomic mass is 10.4. The number of hydrogen-bond acceptors (Lipinski definition) is 4. The van der Waals surface area contributed by atoms with Gasteiger partial charge in [0.1, 0.15) is 0 Å². The van der Waals surface area contributed by atoms with Crippen LogP contribution in [0.15, 0.2) is 243 Å². The van der Waals surface area contributed by atoms with E-state index < -0.39 is 33.8 Å². The topological polar surface area (TPSA) is 46.9 Å². The largest absolute Gasteiger partial charge is 0.413 e. The van der Waals surface area contributed by atoms with Crippen molar-refractivity contribution in [1.82, 2.24) is 7.79 Å². The lowest BCUT2D eigenvalue weighted by molar-refractivity contribution is 0.459. The fourth-order valence-corrected chi connectivity index (χ4v) is 43.3. The molecule has 1 aliphatic rings. The van der Waals surface area contributed by atoms with Gasteiger partial charge in [-0.3, -0.25) is 0 Å². The van der Waals surface area contributed by atoms with Crippen LogP contribution >= 0.6 is 0 Å². The average Bonchev–Trinajstić information content (AvgIpc) is 3.29. The summed E-state index contributed by atoms with van der Waals surface area (Å²) in [7, 11) is -15.4. The summed E-state index contributed by atoms with van der Waals surface area (Å²) in [6, 6.07) is 84.6. The van der Waals surface area contributed by atoms with Crippen LogP contribution in [0.4, 0.5) is 0 Å². The van der Waals surface area contributed by atoms with E-state index in [1.54, 1.807) is 0 Å². The second-order valence-electron chi connectivity index (χ2n) is 14.3. The van der Waals surface area contributed by atoms with Gasteiger partial charge < -0.3 is 17.4 Å². The first kappa shape index (κ1) is 36.1. The van der Waals surface area contributed by atoms with Crippen LogP contribution in [0.5, 0.6) is 0 Å². The summed E-state index contributed by atoms with van der Waals surface area (Å²) in [5.41, 5.74) is 0. The Kier molecular flexibility index (Phi) is 9.58. The van der Waals surface area contributed by atoms with Crippen LogP contribution < -0.4 is 41.5 Å². The molecule has 4 nitrogen and oxygen atoms in total. The molecular weight excluding hydrogens is 749 g/mol. The molecule has 0 bridgehead atoms. The highest BCUT2D eigenvalue weighted by Gasteiger charge is 2.83. The van der Waals surface area contributed by atoms with Crippen molar-refractivity contribution < 1.29 is 9.59 Å². The van der Waals surface area contributed by atoms with E-state index in [0.717, 1.165) is 41.5 Å². The van der Waals surface area contributed by atoms with Gasteiger partial charge in [-0.25, -0.2) is 0 Å². The molecule has 0 aromatic heterocycles. The highest BCUT2D eigenvalue weighted by Crippen LogP contribution is 2.44. The van der Waals surface area contributed by atoms with Crippen molar-refractivity contribution in [2.75, 3.05) is 0 Å². The molecule has 0 unspecified atom stereocenters. The Morgan fingerprint density at radius 1 is 0.250 bits per heavy atom. The van der Waals surface area contributed by atoms with Gasteiger partial charge in [-0.2, -0.15) is 0 Å². The lowest BCUT2D eigenvalue weighted by Crippen LogP contribution is -3.15. The van der Waals surface area contributed by atoms with Crippen molar-refractivity contribution in [3.63, 3.8) is 0 Å². The molecule has 1 fully saturated rings. The Morgan fingerprint density at radius 2 is 0.411 bits per heavy atom. The Labute approximate surface area is 333 Å². The highest BCUT2D eigenvalue weighted by molar-refractivity contribution is 7.38. The summed E-state index contributed by atoms with van der Waals surface area (Å²) in [5, 5.41) is 8.05. The molecule has 1 heterocycles. The lowest BCUT2D eigenvalue weighted by Gasteiger charge is -2.77. The molecule has 56 heavy (non-hydrogen) atoms. The van der Waals surface area contributed by atoms with Crippen LogP contribution in [0.1, 0.15) is 0 Å². The van der Waals surface area contributed by atoms with E-state index in [4.69, 9.17) is 0 Å². The Morgan fingerprint density at radius 3 is 0.589 bits per heavy atom. The van der Waals surface area contributed by atoms with Gasteiger partial charge >= 0.3 is 17.0 Å². The van der Waals surface area contributed by atoms with Crippen molar-refractivity contribution >= 4 is 75.2 Å². The summed E-state index contributed by atoms with van der Waals surface area (Å²) in [6.07, 6.45) is 0. The molecule has 0 aliphatic carbocycles. The minimum atomic E-state index is -4.02. The van der Waals surface area contributed by atoms with Crippen LogP contribution in [-0.4, -0.2) is 51.1 Å². The number of hydrogen-bond donors (Lipinski definition) is 2. The molecule has 0 amide bonds. The summed E-state index contributed by atoms with van der Waals surface area (Å²) in [4.78, 5) is 29.5. The Bertz CT molecular complexity index is 2160. The van der Waals surface area contributed by atoms with Gasteiger partial charge in [0.2, 0.25) is 0 Å². The van der Waals surface area contributed by atoms with Crippen molar-refractivity contribution in [1.29, 1.82) is 0 Å². The molecule has 0 radical (unpaired) electrons. The minimum Gasteiger partial charge on any atom is -0.413 e. The van der Waals surface area contributed by atoms with E-state index in [2.05, 4.69) is 226 Å². The van der Waals surface area contributed by atoms with Gasteiger partial charge in [-0.05, 0) is 41.5 Å². The predicted molar refractivity (Wildman–Crippen MR) is 240 cm³/mol. The first-order chi connectivity index (χ1) is 27.6. The van der Waals surface area contributed by atoms with E-state index >= 15 is 0 Å². The van der Waals surface area contributed by atoms with Crippen molar-refractivity contribution in [2.45, 2.75) is 0 Å². The van der Waals surface area contributed by atoms with Crippen molar-refractivity contribution in [3.05, 3.63) is 243 Å². The van der Waals surface area contributed by atoms with Crippen LogP contribution in [0, 0.1) is 0 Å². The molecule has 8 heteroatoms. The summed E-state index contributed by atoms with van der Waals surface area (Å²) < 4.78 is 5.41. The van der Waals surface area contributed by atoms with Crippen molar-refractivity contribution in [2.24, 2.45) is 0 Å². The molecule has 1 saturated heterocycles. The highest BCUT2D eigenvalue weighted by atomic mass is 28.6. The molecular formula is C48H42N2O2Si4. The summed E-state index contributed by atoms with van der Waals surface area (Å²) >= 11 is 0. The maximum Gasteiger partial charge on any atom is 0.325 e. The summed E-state index contributed by atoms with van der Waals surface area (Å²) in [6.45, 7) is 0. The molecule has 0 atom stereocenters. The molecule has 8 aromatic rings. The standard InChI is InChI=1S/C48H42N2O2Si4/c51-55(45-33-17-5-18-34-45,46-35-19-6-20-36-46)49-53(41-25-9-1-10-26-41,42-27-11-2-12-28-42)50(54(49,43-29-13-3-14-30-43)44-31-15-4-16-32-44)56(52,47-37-21-7-22-38-47)48-39-23-8-24-40-48/h1-40,51-52H. The molecule has 272 valence electrons. The van der Waals surface area contributed by atoms with Crippen LogP contribution in [-0.2, 0) is 0 Å². The van der Waals surface area contributed by atoms with Gasteiger partial charge in [0, 0.05) is 0 Å². The molecule has 1 aliphatic heterocycles. The molecule has 0 saturated carbocycles. The van der Waals surface area contributed by atoms with E-state index in [1.807, 2.05) is 24.3 Å². The first-order valence-corrected chi connectivity index (χ1v) is 26.7. The van der Waals surface area contributed by atoms with Gasteiger partial charge in [-0.1, -0.05) is 243 Å². The monoisotopic (exact) mass is 790 g/mol. The zero-order chi connectivity index (χ0) is 38.1. The second kappa shape index (κ2) is 14.8. The number of rotatable bonds is 10. The zero-order valence-corrected chi connectivity index (χ0v) is 34.9. The quantitative estimate of drug-likeness (QED) is 0.208. The minimum absolute atomic E-state index is 0.906. The third kappa shape index (κ3) is 5.38. The van der Waals surface area contributed by atoms with Crippen LogP contribution in [0.25, 0.3) is 0 Å². The molecule has 8 aromatic carbocycles. The van der Waals surface area contributed by atoms with Gasteiger partial charge in [0.05, 0.1) is 0 Å². The van der Waals surface area contributed by atoms with Gasteiger partial charge in [0.25, 0.3) is 16.8 Å². The summed E-state index contributed by atoms with van der Waals surface area (Å²) in [5.74, 6) is 0. The Balaban J connectivity index is 1.57. The van der Waals surface area contributed by atoms with Crippen LogP contribution in [0.3, 0.4) is 0 Å². The van der Waals surface area contributed by atoms with Gasteiger partial charge in [-0.15, -0.1) is 0 Å². The predicted octanol–water partition coefficient (Wildman–Crippen LogP) is 3.62. The maximum atomic E-state index is 14.8. The third-order valence-corrected chi connectivity index (χ3v) is 36.0. The molecule has 2 N–H and O–H groups in total. The second-order valence-corrected chi connectivity index (χ2v) is 29.7. The third-order valence-electron chi connectivity index (χ3n) is 11.4. The Hall–Kier alpha value is -5.53. The van der Waals surface area contributed by atoms with E-state index in [-0.39, 0.29) is 0 Å². The average molecular weight is 791 g/mol. The SMILES string of the molecule is O[Si](c1ccccc1)(c1ccccc1)N1[Si](c2ccccc2)(c2ccccc2)N([Si](O)(c2ccccc2)c2ccccc2)[Si]1(c1ccccc1)c1ccccc1. The van der Waals surface area contributed by atoms with Crippen molar-refractivity contribution in [3.8, 4) is 0 Å². The fourth-order valence-electron chi connectivity index (χ4n) is 9.14. The van der Waals surface area contributed by atoms with Crippen LogP contribution in [0.2, 0.25) is 0 Å². The van der Waals surface area contributed by atoms with Gasteiger partial charge in [0.15, 0.2) is 0 Å². The first-order valence-electron chi connectivity index (χ1n) is 19.1. The maximum absolute atomic E-state index is 14.8. The fraction of sp³-hybridized carbons (Fsp3) is 0.